The van der Waals surface area contributed by atoms with Crippen LogP contribution in [0.15, 0.2) is 77.0 Å². The smallest absolute Gasteiger partial charge is 0.224 e. The number of hydrogen-bond acceptors (Lipinski definition) is 4. The highest BCUT2D eigenvalue weighted by Gasteiger charge is 2.24. The lowest BCUT2D eigenvalue weighted by Gasteiger charge is -2.21. The summed E-state index contributed by atoms with van der Waals surface area (Å²) in [6, 6.07) is 15.0. The van der Waals surface area contributed by atoms with Gasteiger partial charge in [-0.05, 0) is 30.2 Å². The van der Waals surface area contributed by atoms with Crippen molar-refractivity contribution in [3.63, 3.8) is 0 Å². The van der Waals surface area contributed by atoms with Crippen LogP contribution in [0, 0.1) is 0 Å². The zero-order valence-electron chi connectivity index (χ0n) is 14.0. The molecular formula is C18H21NO4S2. The van der Waals surface area contributed by atoms with Crippen LogP contribution >= 0.6 is 0 Å². The molecule has 0 N–H and O–H groups in total. The maximum atomic E-state index is 12.9. The molecule has 0 aromatic heterocycles. The fourth-order valence-electron chi connectivity index (χ4n) is 2.37. The zero-order valence-corrected chi connectivity index (χ0v) is 15.6. The van der Waals surface area contributed by atoms with E-state index in [-0.39, 0.29) is 22.9 Å². The van der Waals surface area contributed by atoms with Crippen molar-refractivity contribution < 1.29 is 16.8 Å². The van der Waals surface area contributed by atoms with E-state index in [9.17, 15) is 16.8 Å². The summed E-state index contributed by atoms with van der Waals surface area (Å²) >= 11 is 0. The van der Waals surface area contributed by atoms with Crippen LogP contribution in [0.4, 0.5) is 0 Å². The van der Waals surface area contributed by atoms with Gasteiger partial charge in [0, 0.05) is 19.3 Å². The normalized spacial score (nSPS) is 12.2. The molecule has 0 unspecified atom stereocenters. The third kappa shape index (κ3) is 5.01. The van der Waals surface area contributed by atoms with E-state index in [2.05, 4.69) is 6.58 Å². The highest BCUT2D eigenvalue weighted by Crippen LogP contribution is 2.20. The van der Waals surface area contributed by atoms with E-state index in [0.29, 0.717) is 6.42 Å². The molecule has 25 heavy (non-hydrogen) atoms. The molecule has 0 fully saturated rings. The summed E-state index contributed by atoms with van der Waals surface area (Å²) in [6.07, 6.45) is 3.12. The van der Waals surface area contributed by atoms with Crippen molar-refractivity contribution in [2.24, 2.45) is 0 Å². The Morgan fingerprint density at radius 1 is 0.960 bits per heavy atom. The number of sulfonamides is 1. The largest absolute Gasteiger partial charge is 0.243 e. The Balaban J connectivity index is 2.31. The predicted octanol–water partition coefficient (Wildman–Crippen LogP) is 2.51. The second-order valence-electron chi connectivity index (χ2n) is 5.63. The third-order valence-corrected chi connectivity index (χ3v) is 6.67. The molecular weight excluding hydrogens is 358 g/mol. The van der Waals surface area contributed by atoms with Crippen LogP contribution in [0.1, 0.15) is 5.56 Å². The average molecular weight is 380 g/mol. The molecule has 0 radical (unpaired) electrons. The Morgan fingerprint density at radius 2 is 1.60 bits per heavy atom. The van der Waals surface area contributed by atoms with Gasteiger partial charge in [-0.1, -0.05) is 42.5 Å². The lowest BCUT2D eigenvalue weighted by Crippen LogP contribution is -2.33. The number of rotatable bonds is 8. The van der Waals surface area contributed by atoms with E-state index in [1.54, 1.807) is 0 Å². The summed E-state index contributed by atoms with van der Waals surface area (Å²) in [5.41, 5.74) is 1.02. The Morgan fingerprint density at radius 3 is 2.20 bits per heavy atom. The molecule has 0 spiro atoms. The first-order chi connectivity index (χ1) is 11.7. The predicted molar refractivity (Wildman–Crippen MR) is 98.7 cm³/mol. The van der Waals surface area contributed by atoms with Gasteiger partial charge < -0.3 is 0 Å². The van der Waals surface area contributed by atoms with Crippen molar-refractivity contribution >= 4 is 19.9 Å². The molecule has 2 rings (SSSR count). The van der Waals surface area contributed by atoms with Crippen LogP contribution in [-0.4, -0.2) is 40.5 Å². The highest BCUT2D eigenvalue weighted by atomic mass is 32.2. The highest BCUT2D eigenvalue weighted by molar-refractivity contribution is 7.91. The minimum absolute atomic E-state index is 0.0183. The summed E-state index contributed by atoms with van der Waals surface area (Å²) in [4.78, 5) is -0.0551. The van der Waals surface area contributed by atoms with Crippen molar-refractivity contribution in [3.8, 4) is 0 Å². The van der Waals surface area contributed by atoms with Gasteiger partial charge in [-0.25, -0.2) is 16.8 Å². The Kier molecular flexibility index (Phi) is 6.16. The summed E-state index contributed by atoms with van der Waals surface area (Å²) in [6.45, 7) is 4.05. The molecule has 0 aliphatic heterocycles. The van der Waals surface area contributed by atoms with E-state index in [1.807, 2.05) is 30.3 Å². The molecule has 2 aromatic carbocycles. The fourth-order valence-corrected chi connectivity index (χ4v) is 4.57. The maximum absolute atomic E-state index is 12.9. The number of benzene rings is 2. The van der Waals surface area contributed by atoms with Gasteiger partial charge in [0.05, 0.1) is 9.79 Å². The van der Waals surface area contributed by atoms with Gasteiger partial charge in [-0.15, -0.1) is 6.58 Å². The van der Waals surface area contributed by atoms with Crippen molar-refractivity contribution in [1.29, 1.82) is 0 Å². The fraction of sp³-hybridized carbons (Fsp3) is 0.222. The topological polar surface area (TPSA) is 71.5 Å². The summed E-state index contributed by atoms with van der Waals surface area (Å²) in [5, 5.41) is 0. The molecule has 134 valence electrons. The quantitative estimate of drug-likeness (QED) is 0.661. The van der Waals surface area contributed by atoms with Crippen LogP contribution in [-0.2, 0) is 26.3 Å². The molecule has 0 saturated carbocycles. The molecule has 0 bridgehead atoms. The van der Waals surface area contributed by atoms with Crippen LogP contribution < -0.4 is 0 Å². The van der Waals surface area contributed by atoms with Crippen LogP contribution in [0.25, 0.3) is 0 Å². The van der Waals surface area contributed by atoms with E-state index in [0.717, 1.165) is 11.8 Å². The van der Waals surface area contributed by atoms with E-state index in [4.69, 9.17) is 0 Å². The first-order valence-electron chi connectivity index (χ1n) is 7.70. The van der Waals surface area contributed by atoms with Gasteiger partial charge >= 0.3 is 0 Å². The van der Waals surface area contributed by atoms with Crippen LogP contribution in [0.2, 0.25) is 0 Å². The number of nitrogens with zero attached hydrogens (tertiary/aromatic N) is 1. The van der Waals surface area contributed by atoms with Gasteiger partial charge in [0.1, 0.15) is 0 Å². The lowest BCUT2D eigenvalue weighted by atomic mass is 10.1. The molecule has 7 heteroatoms. The number of hydrogen-bond donors (Lipinski definition) is 0. The van der Waals surface area contributed by atoms with Gasteiger partial charge in [0.15, 0.2) is 9.84 Å². The van der Waals surface area contributed by atoms with Crippen LogP contribution in [0.5, 0.6) is 0 Å². The average Bonchev–Trinajstić information content (AvgIpc) is 2.58. The molecule has 0 atom stereocenters. The van der Waals surface area contributed by atoms with Crippen molar-refractivity contribution in [2.75, 3.05) is 19.3 Å². The van der Waals surface area contributed by atoms with Gasteiger partial charge in [-0.2, -0.15) is 4.31 Å². The Hall–Kier alpha value is -1.96. The van der Waals surface area contributed by atoms with Gasteiger partial charge in [0.25, 0.3) is 0 Å². The Labute approximate surface area is 149 Å². The molecule has 5 nitrogen and oxygen atoms in total. The first-order valence-corrected chi connectivity index (χ1v) is 11.0. The molecule has 0 amide bonds. The minimum Gasteiger partial charge on any atom is -0.224 e. The van der Waals surface area contributed by atoms with Gasteiger partial charge in [-0.3, -0.25) is 0 Å². The molecule has 2 aromatic rings. The zero-order chi connectivity index (χ0) is 18.5. The Bertz CT molecular complexity index is 936. The van der Waals surface area contributed by atoms with Crippen LogP contribution in [0.3, 0.4) is 0 Å². The lowest BCUT2D eigenvalue weighted by molar-refractivity contribution is 0.445. The monoisotopic (exact) mass is 379 g/mol. The SMILES string of the molecule is C=CCN(CCc1ccccc1)S(=O)(=O)c1cccc(S(C)(=O)=O)c1. The molecule has 0 heterocycles. The number of sulfone groups is 1. The minimum atomic E-state index is -3.82. The first kappa shape index (κ1) is 19.4. The maximum Gasteiger partial charge on any atom is 0.243 e. The summed E-state index contributed by atoms with van der Waals surface area (Å²) < 4.78 is 50.5. The third-order valence-electron chi connectivity index (χ3n) is 3.70. The van der Waals surface area contributed by atoms with Gasteiger partial charge in [0.2, 0.25) is 10.0 Å². The summed E-state index contributed by atoms with van der Waals surface area (Å²) in [7, 11) is -7.30. The molecule has 0 aliphatic carbocycles. The second-order valence-corrected chi connectivity index (χ2v) is 9.59. The summed E-state index contributed by atoms with van der Waals surface area (Å²) in [5.74, 6) is 0. The standard InChI is InChI=1S/C18H21NO4S2/c1-3-13-19(14-12-16-8-5-4-6-9-16)25(22,23)18-11-7-10-17(15-18)24(2,20)21/h3-11,15H,1,12-14H2,2H3. The second kappa shape index (κ2) is 7.95. The van der Waals surface area contributed by atoms with E-state index in [1.165, 1.54) is 34.6 Å². The van der Waals surface area contributed by atoms with E-state index < -0.39 is 19.9 Å². The van der Waals surface area contributed by atoms with Crippen molar-refractivity contribution in [2.45, 2.75) is 16.2 Å². The van der Waals surface area contributed by atoms with Crippen molar-refractivity contribution in [1.82, 2.24) is 4.31 Å². The molecule has 0 aliphatic rings. The van der Waals surface area contributed by atoms with Crippen molar-refractivity contribution in [3.05, 3.63) is 72.8 Å². The molecule has 0 saturated heterocycles. The van der Waals surface area contributed by atoms with E-state index >= 15 is 0 Å².